The van der Waals surface area contributed by atoms with E-state index in [1.54, 1.807) is 13.8 Å². The third-order valence-corrected chi connectivity index (χ3v) is 3.86. The first kappa shape index (κ1) is 21.9. The van der Waals surface area contributed by atoms with E-state index in [4.69, 9.17) is 21.1 Å². The van der Waals surface area contributed by atoms with Crippen LogP contribution in [-0.4, -0.2) is 39.5 Å². The van der Waals surface area contributed by atoms with Gasteiger partial charge in [0.2, 0.25) is 0 Å². The minimum absolute atomic E-state index is 0.0160. The highest BCUT2D eigenvalue weighted by Gasteiger charge is 2.27. The predicted molar refractivity (Wildman–Crippen MR) is 102 cm³/mol. The molecule has 7 nitrogen and oxygen atoms in total. The summed E-state index contributed by atoms with van der Waals surface area (Å²) in [6.07, 6.45) is 1.36. The molecule has 0 aliphatic rings. The molecule has 0 aliphatic carbocycles. The quantitative estimate of drug-likeness (QED) is 0.664. The molecular weight excluding hydrogens is 394 g/mol. The van der Waals surface area contributed by atoms with E-state index in [-0.39, 0.29) is 39.9 Å². The fourth-order valence-corrected chi connectivity index (χ4v) is 2.83. The smallest absolute Gasteiger partial charge is 0.387 e. The van der Waals surface area contributed by atoms with Gasteiger partial charge in [0.1, 0.15) is 16.6 Å². The van der Waals surface area contributed by atoms with Crippen molar-refractivity contribution in [2.75, 3.05) is 11.9 Å². The summed E-state index contributed by atoms with van der Waals surface area (Å²) < 4.78 is 37.1. The van der Waals surface area contributed by atoms with Crippen molar-refractivity contribution in [3.8, 4) is 17.0 Å². The molecule has 28 heavy (non-hydrogen) atoms. The van der Waals surface area contributed by atoms with Gasteiger partial charge in [-0.3, -0.25) is 4.68 Å². The summed E-state index contributed by atoms with van der Waals surface area (Å²) in [5.41, 5.74) is 0.00359. The summed E-state index contributed by atoms with van der Waals surface area (Å²) in [7, 11) is 0. The Morgan fingerprint density at radius 1 is 1.36 bits per heavy atom. The molecule has 0 atom stereocenters. The number of carbonyl (C=O) groups excluding carboxylic acids is 1. The second-order valence-corrected chi connectivity index (χ2v) is 7.24. The molecule has 154 valence electrons. The number of aryl methyl sites for hydroxylation is 1. The van der Waals surface area contributed by atoms with E-state index in [0.717, 1.165) is 0 Å². The van der Waals surface area contributed by atoms with Crippen molar-refractivity contribution < 1.29 is 23.0 Å². The Morgan fingerprint density at radius 2 is 2.04 bits per heavy atom. The molecule has 0 aromatic carbocycles. The van der Waals surface area contributed by atoms with Crippen molar-refractivity contribution in [1.29, 1.82) is 0 Å². The van der Waals surface area contributed by atoms with Crippen LogP contribution in [0.3, 0.4) is 0 Å². The summed E-state index contributed by atoms with van der Waals surface area (Å²) in [4.78, 5) is 16.4. The summed E-state index contributed by atoms with van der Waals surface area (Å²) in [6, 6.07) is 1.36. The number of halogens is 3. The first-order chi connectivity index (χ1) is 13.1. The van der Waals surface area contributed by atoms with Gasteiger partial charge in [0.15, 0.2) is 5.69 Å². The number of alkyl halides is 2. The number of rotatable bonds is 7. The molecule has 2 aromatic rings. The van der Waals surface area contributed by atoms with Crippen molar-refractivity contribution in [2.45, 2.75) is 53.3 Å². The number of hydrogen-bond acceptors (Lipinski definition) is 6. The van der Waals surface area contributed by atoms with Gasteiger partial charge >= 0.3 is 12.6 Å². The van der Waals surface area contributed by atoms with Crippen LogP contribution in [0.2, 0.25) is 5.02 Å². The molecule has 2 aromatic heterocycles. The Morgan fingerprint density at radius 3 is 2.57 bits per heavy atom. The van der Waals surface area contributed by atoms with Crippen LogP contribution in [0.1, 0.15) is 45.1 Å². The molecule has 0 bridgehead atoms. The zero-order valence-electron chi connectivity index (χ0n) is 16.3. The summed E-state index contributed by atoms with van der Waals surface area (Å²) in [5, 5.41) is 7.22. The van der Waals surface area contributed by atoms with Gasteiger partial charge in [-0.2, -0.15) is 13.9 Å². The van der Waals surface area contributed by atoms with Crippen LogP contribution in [-0.2, 0) is 11.3 Å². The Labute approximate surface area is 167 Å². The maximum Gasteiger partial charge on any atom is 0.387 e. The lowest BCUT2D eigenvalue weighted by Crippen LogP contribution is -2.26. The number of pyridine rings is 1. The van der Waals surface area contributed by atoms with E-state index in [9.17, 15) is 13.6 Å². The lowest BCUT2D eigenvalue weighted by atomic mass is 10.1. The number of nitrogens with zero attached hydrogens (tertiary/aromatic N) is 3. The average Bonchev–Trinajstić information content (AvgIpc) is 2.90. The van der Waals surface area contributed by atoms with Crippen LogP contribution >= 0.6 is 11.6 Å². The van der Waals surface area contributed by atoms with E-state index in [0.29, 0.717) is 12.4 Å². The molecule has 0 spiro atoms. The first-order valence-corrected chi connectivity index (χ1v) is 9.12. The zero-order chi connectivity index (χ0) is 21.1. The molecule has 2 rings (SSSR count). The minimum Gasteiger partial charge on any atom is -0.461 e. The number of hydrogen-bond donors (Lipinski definition) is 1. The normalized spacial score (nSPS) is 11.6. The molecule has 1 N–H and O–H groups in total. The number of anilines is 1. The van der Waals surface area contributed by atoms with Crippen LogP contribution < -0.4 is 10.1 Å². The molecule has 0 saturated carbocycles. The van der Waals surface area contributed by atoms with Gasteiger partial charge in [-0.1, -0.05) is 11.6 Å². The Bertz CT molecular complexity index is 850. The predicted octanol–water partition coefficient (Wildman–Crippen LogP) is 4.61. The van der Waals surface area contributed by atoms with Crippen LogP contribution in [0, 0.1) is 0 Å². The van der Waals surface area contributed by atoms with E-state index in [2.05, 4.69) is 15.4 Å². The van der Waals surface area contributed by atoms with Gasteiger partial charge < -0.3 is 14.8 Å². The average molecular weight is 417 g/mol. The van der Waals surface area contributed by atoms with Crippen LogP contribution in [0.25, 0.3) is 11.3 Å². The minimum atomic E-state index is -3.05. The summed E-state index contributed by atoms with van der Waals surface area (Å²) >= 11 is 6.36. The highest BCUT2D eigenvalue weighted by atomic mass is 35.5. The Balaban J connectivity index is 2.61. The van der Waals surface area contributed by atoms with Gasteiger partial charge in [0.25, 0.3) is 0 Å². The van der Waals surface area contributed by atoms with E-state index < -0.39 is 12.6 Å². The first-order valence-electron chi connectivity index (χ1n) is 8.74. The molecule has 0 aliphatic heterocycles. The van der Waals surface area contributed by atoms with E-state index >= 15 is 0 Å². The monoisotopic (exact) mass is 416 g/mol. The summed E-state index contributed by atoms with van der Waals surface area (Å²) in [6.45, 7) is 6.59. The number of nitrogens with one attached hydrogen (secondary N) is 1. The zero-order valence-corrected chi connectivity index (χ0v) is 17.1. The molecular formula is C18H23ClF2N4O3. The van der Waals surface area contributed by atoms with Crippen molar-refractivity contribution in [3.63, 3.8) is 0 Å². The SMILES string of the molecule is CCOC(=O)c1nn(CC)c(-c2cnc(NC(C)(C)C)cc2OC(F)F)c1Cl. The molecule has 0 saturated heterocycles. The van der Waals surface area contributed by atoms with E-state index in [1.165, 1.54) is 16.9 Å². The van der Waals surface area contributed by atoms with Crippen molar-refractivity contribution in [1.82, 2.24) is 14.8 Å². The van der Waals surface area contributed by atoms with Gasteiger partial charge in [-0.15, -0.1) is 0 Å². The van der Waals surface area contributed by atoms with Gasteiger partial charge in [0.05, 0.1) is 17.9 Å². The van der Waals surface area contributed by atoms with Crippen molar-refractivity contribution in [3.05, 3.63) is 23.0 Å². The second-order valence-electron chi connectivity index (χ2n) is 6.87. The van der Waals surface area contributed by atoms with Crippen LogP contribution in [0.4, 0.5) is 14.6 Å². The molecule has 0 radical (unpaired) electrons. The number of carbonyl (C=O) groups is 1. The highest BCUT2D eigenvalue weighted by Crippen LogP contribution is 2.38. The Kier molecular flexibility index (Phi) is 6.82. The number of esters is 1. The number of ether oxygens (including phenoxy) is 2. The third-order valence-electron chi connectivity index (χ3n) is 3.50. The fraction of sp³-hybridized carbons (Fsp3) is 0.500. The van der Waals surface area contributed by atoms with Crippen molar-refractivity contribution in [2.24, 2.45) is 0 Å². The molecule has 0 fully saturated rings. The second kappa shape index (κ2) is 8.72. The molecule has 10 heteroatoms. The molecule has 2 heterocycles. The van der Waals surface area contributed by atoms with Gasteiger partial charge in [0, 0.05) is 24.3 Å². The molecule has 0 amide bonds. The Hall–Kier alpha value is -2.42. The van der Waals surface area contributed by atoms with Crippen LogP contribution in [0.15, 0.2) is 12.3 Å². The third kappa shape index (κ3) is 5.09. The lowest BCUT2D eigenvalue weighted by molar-refractivity contribution is -0.0494. The van der Waals surface area contributed by atoms with E-state index in [1.807, 2.05) is 20.8 Å². The van der Waals surface area contributed by atoms with Gasteiger partial charge in [-0.25, -0.2) is 9.78 Å². The lowest BCUT2D eigenvalue weighted by Gasteiger charge is -2.22. The summed E-state index contributed by atoms with van der Waals surface area (Å²) in [5.74, 6) is -0.476. The largest absolute Gasteiger partial charge is 0.461 e. The van der Waals surface area contributed by atoms with Crippen molar-refractivity contribution >= 4 is 23.4 Å². The standard InChI is InChI=1S/C18H23ClF2N4O3/c1-6-25-15(13(19)14(24-25)16(26)27-7-2)10-9-22-12(23-18(3,4)5)8-11(10)28-17(20)21/h8-9,17H,6-7H2,1-5H3,(H,22,23). The maximum absolute atomic E-state index is 13.0. The van der Waals surface area contributed by atoms with Crippen LogP contribution in [0.5, 0.6) is 5.75 Å². The molecule has 0 unspecified atom stereocenters. The maximum atomic E-state index is 13.0. The van der Waals surface area contributed by atoms with Gasteiger partial charge in [-0.05, 0) is 34.6 Å². The fourth-order valence-electron chi connectivity index (χ4n) is 2.52. The topological polar surface area (TPSA) is 78.3 Å². The number of aromatic nitrogens is 3. The highest BCUT2D eigenvalue weighted by molar-refractivity contribution is 6.36.